The maximum absolute atomic E-state index is 12.8. The summed E-state index contributed by atoms with van der Waals surface area (Å²) in [5, 5.41) is 11.7. The van der Waals surface area contributed by atoms with Crippen molar-refractivity contribution in [3.63, 3.8) is 0 Å². The smallest absolute Gasteiger partial charge is 0.264 e. The normalized spacial score (nSPS) is 10.9. The van der Waals surface area contributed by atoms with Gasteiger partial charge in [-0.3, -0.25) is 4.79 Å². The maximum Gasteiger partial charge on any atom is 0.264 e. The molecule has 0 saturated heterocycles. The van der Waals surface area contributed by atoms with Crippen molar-refractivity contribution in [3.8, 4) is 5.75 Å². The third kappa shape index (κ3) is 3.01. The zero-order chi connectivity index (χ0) is 18.3. The topological polar surface area (TPSA) is 45.5 Å². The van der Waals surface area contributed by atoms with E-state index in [0.29, 0.717) is 15.9 Å². The summed E-state index contributed by atoms with van der Waals surface area (Å²) < 4.78 is 1.47. The van der Waals surface area contributed by atoms with Crippen LogP contribution in [-0.2, 0) is 7.05 Å². The van der Waals surface area contributed by atoms with Gasteiger partial charge in [0.15, 0.2) is 0 Å². The molecule has 0 saturated carbocycles. The summed E-state index contributed by atoms with van der Waals surface area (Å²) in [7, 11) is 3.42. The van der Waals surface area contributed by atoms with Crippen molar-refractivity contribution in [2.75, 3.05) is 11.9 Å². The van der Waals surface area contributed by atoms with Crippen LogP contribution in [0.1, 0.15) is 11.1 Å². The first-order valence-corrected chi connectivity index (χ1v) is 8.46. The molecule has 4 nitrogen and oxygen atoms in total. The highest BCUT2D eigenvalue weighted by atomic mass is 35.5. The Labute approximate surface area is 155 Å². The Hall–Kier alpha value is -2.37. The number of rotatable bonds is 2. The van der Waals surface area contributed by atoms with Crippen molar-refractivity contribution in [3.05, 3.63) is 69.0 Å². The van der Waals surface area contributed by atoms with E-state index in [-0.39, 0.29) is 21.9 Å². The molecule has 0 unspecified atom stereocenters. The number of aromatic nitrogens is 1. The minimum Gasteiger partial charge on any atom is -0.506 e. The zero-order valence-electron chi connectivity index (χ0n) is 14.1. The third-order valence-electron chi connectivity index (χ3n) is 4.27. The van der Waals surface area contributed by atoms with Crippen LogP contribution < -0.4 is 10.5 Å². The van der Waals surface area contributed by atoms with Crippen molar-refractivity contribution >= 4 is 45.4 Å². The second kappa shape index (κ2) is 6.50. The van der Waals surface area contributed by atoms with Gasteiger partial charge in [0.05, 0.1) is 5.52 Å². The molecule has 0 bridgehead atoms. The van der Waals surface area contributed by atoms with Gasteiger partial charge in [-0.05, 0) is 37.3 Å². The van der Waals surface area contributed by atoms with Crippen LogP contribution in [0.15, 0.2) is 47.3 Å². The number of benzene rings is 2. The highest BCUT2D eigenvalue weighted by Crippen LogP contribution is 2.30. The molecule has 0 aliphatic heterocycles. The fourth-order valence-electron chi connectivity index (χ4n) is 2.75. The van der Waals surface area contributed by atoms with E-state index in [0.717, 1.165) is 11.3 Å². The van der Waals surface area contributed by atoms with Gasteiger partial charge in [0, 0.05) is 30.2 Å². The molecule has 0 amide bonds. The second-order valence-corrected chi connectivity index (χ2v) is 6.77. The molecule has 6 heteroatoms. The molecule has 3 rings (SSSR count). The third-order valence-corrected chi connectivity index (χ3v) is 4.98. The van der Waals surface area contributed by atoms with E-state index in [1.165, 1.54) is 4.57 Å². The Morgan fingerprint density at radius 3 is 2.48 bits per heavy atom. The van der Waals surface area contributed by atoms with Gasteiger partial charge in [0.2, 0.25) is 0 Å². The Morgan fingerprint density at radius 1 is 1.20 bits per heavy atom. The van der Waals surface area contributed by atoms with Gasteiger partial charge in [0.1, 0.15) is 16.3 Å². The largest absolute Gasteiger partial charge is 0.506 e. The molecule has 3 aromatic rings. The number of anilines is 1. The minimum atomic E-state index is -0.351. The standard InChI is InChI=1S/C19H17ClN2O2S/c1-11-4-7-13(8-5-11)21(2)19(25)16-17(23)14-10-12(20)6-9-15(14)22(3)18(16)24/h4-10,23H,1-3H3. The average molecular weight is 373 g/mol. The number of pyridine rings is 1. The van der Waals surface area contributed by atoms with Gasteiger partial charge < -0.3 is 14.6 Å². The molecular weight excluding hydrogens is 356 g/mol. The quantitative estimate of drug-likeness (QED) is 0.690. The summed E-state index contributed by atoms with van der Waals surface area (Å²) in [6, 6.07) is 12.8. The molecule has 0 atom stereocenters. The molecular formula is C19H17ClN2O2S. The number of fused-ring (bicyclic) bond motifs is 1. The van der Waals surface area contributed by atoms with Crippen LogP contribution in [0.2, 0.25) is 5.02 Å². The lowest BCUT2D eigenvalue weighted by molar-refractivity contribution is 0.478. The van der Waals surface area contributed by atoms with Crippen molar-refractivity contribution in [1.29, 1.82) is 0 Å². The number of hydrogen-bond donors (Lipinski definition) is 1. The fraction of sp³-hybridized carbons (Fsp3) is 0.158. The van der Waals surface area contributed by atoms with Crippen molar-refractivity contribution in [2.24, 2.45) is 7.05 Å². The molecule has 0 aliphatic rings. The van der Waals surface area contributed by atoms with Crippen LogP contribution in [0, 0.1) is 6.92 Å². The number of aryl methyl sites for hydroxylation is 2. The summed E-state index contributed by atoms with van der Waals surface area (Å²) in [5.74, 6) is -0.149. The number of halogens is 1. The predicted octanol–water partition coefficient (Wildman–Crippen LogP) is 4.02. The highest BCUT2D eigenvalue weighted by molar-refractivity contribution is 7.81. The predicted molar refractivity (Wildman–Crippen MR) is 107 cm³/mol. The van der Waals surface area contributed by atoms with Gasteiger partial charge in [-0.25, -0.2) is 0 Å². The van der Waals surface area contributed by atoms with Gasteiger partial charge in [-0.1, -0.05) is 41.5 Å². The van der Waals surface area contributed by atoms with Gasteiger partial charge in [0.25, 0.3) is 5.56 Å². The van der Waals surface area contributed by atoms with Crippen molar-refractivity contribution < 1.29 is 5.11 Å². The average Bonchev–Trinajstić information content (AvgIpc) is 2.60. The van der Waals surface area contributed by atoms with Crippen molar-refractivity contribution in [2.45, 2.75) is 6.92 Å². The molecule has 1 N–H and O–H groups in total. The maximum atomic E-state index is 12.8. The van der Waals surface area contributed by atoms with Crippen LogP contribution in [-0.4, -0.2) is 21.7 Å². The fourth-order valence-corrected chi connectivity index (χ4v) is 3.21. The molecule has 0 fully saturated rings. The number of aromatic hydroxyl groups is 1. The van der Waals surface area contributed by atoms with E-state index in [1.807, 2.05) is 31.2 Å². The summed E-state index contributed by atoms with van der Waals surface area (Å²) in [6.45, 7) is 2.00. The monoisotopic (exact) mass is 372 g/mol. The number of nitrogens with zero attached hydrogens (tertiary/aromatic N) is 2. The molecule has 2 aromatic carbocycles. The molecule has 1 aromatic heterocycles. The first-order valence-electron chi connectivity index (χ1n) is 7.67. The van der Waals surface area contributed by atoms with Crippen LogP contribution >= 0.6 is 23.8 Å². The van der Waals surface area contributed by atoms with E-state index in [9.17, 15) is 9.90 Å². The minimum absolute atomic E-state index is 0.0929. The second-order valence-electron chi connectivity index (χ2n) is 5.95. The molecule has 1 heterocycles. The summed E-state index contributed by atoms with van der Waals surface area (Å²) >= 11 is 11.6. The van der Waals surface area contributed by atoms with Crippen molar-refractivity contribution in [1.82, 2.24) is 4.57 Å². The van der Waals surface area contributed by atoms with Gasteiger partial charge >= 0.3 is 0 Å². The molecule has 0 aliphatic carbocycles. The van der Waals surface area contributed by atoms with E-state index in [2.05, 4.69) is 0 Å². The molecule has 0 radical (unpaired) electrons. The summed E-state index contributed by atoms with van der Waals surface area (Å²) in [4.78, 5) is 14.7. The SMILES string of the molecule is Cc1ccc(N(C)C(=S)c2c(O)c3cc(Cl)ccc3n(C)c2=O)cc1. The highest BCUT2D eigenvalue weighted by Gasteiger charge is 2.21. The number of hydrogen-bond acceptors (Lipinski definition) is 3. The van der Waals surface area contributed by atoms with Gasteiger partial charge in [-0.15, -0.1) is 0 Å². The molecule has 0 spiro atoms. The van der Waals surface area contributed by atoms with Crippen LogP contribution in [0.25, 0.3) is 10.9 Å². The zero-order valence-corrected chi connectivity index (χ0v) is 15.6. The summed E-state index contributed by atoms with van der Waals surface area (Å²) in [5.41, 5.74) is 2.30. The Bertz CT molecular complexity index is 1040. The van der Waals surface area contributed by atoms with E-state index < -0.39 is 0 Å². The summed E-state index contributed by atoms with van der Waals surface area (Å²) in [6.07, 6.45) is 0. The van der Waals surface area contributed by atoms with Gasteiger partial charge in [-0.2, -0.15) is 0 Å². The van der Waals surface area contributed by atoms with E-state index in [1.54, 1.807) is 37.2 Å². The van der Waals surface area contributed by atoms with Crippen LogP contribution in [0.4, 0.5) is 5.69 Å². The number of thiocarbonyl (C=S) groups is 1. The lowest BCUT2D eigenvalue weighted by Crippen LogP contribution is -2.33. The van der Waals surface area contributed by atoms with Crippen LogP contribution in [0.5, 0.6) is 5.75 Å². The first kappa shape index (κ1) is 17.5. The molecule has 25 heavy (non-hydrogen) atoms. The van der Waals surface area contributed by atoms with E-state index in [4.69, 9.17) is 23.8 Å². The Morgan fingerprint density at radius 2 is 1.84 bits per heavy atom. The van der Waals surface area contributed by atoms with Crippen LogP contribution in [0.3, 0.4) is 0 Å². The Kier molecular flexibility index (Phi) is 4.54. The Balaban J connectivity index is 2.19. The first-order chi connectivity index (χ1) is 11.8. The molecule has 128 valence electrons. The lowest BCUT2D eigenvalue weighted by atomic mass is 10.1. The van der Waals surface area contributed by atoms with E-state index >= 15 is 0 Å². The lowest BCUT2D eigenvalue weighted by Gasteiger charge is -2.22.